The second-order valence-corrected chi connectivity index (χ2v) is 4.45. The zero-order valence-corrected chi connectivity index (χ0v) is 10.9. The van der Waals surface area contributed by atoms with E-state index in [-0.39, 0.29) is 5.97 Å². The fraction of sp³-hybridized carbons (Fsp3) is 0.312. The number of benzene rings is 2. The van der Waals surface area contributed by atoms with E-state index in [2.05, 4.69) is 48.1 Å². The topological polar surface area (TPSA) is 26.3 Å². The SMILES string of the molecule is CCc1ccc2cc(CCC(=O)OC)ccc2c1. The molecular formula is C16H18O2. The van der Waals surface area contributed by atoms with Crippen molar-refractivity contribution in [2.45, 2.75) is 26.2 Å². The zero-order chi connectivity index (χ0) is 13.0. The summed E-state index contributed by atoms with van der Waals surface area (Å²) in [4.78, 5) is 11.1. The van der Waals surface area contributed by atoms with Crippen molar-refractivity contribution >= 4 is 16.7 Å². The highest BCUT2D eigenvalue weighted by Crippen LogP contribution is 2.19. The molecule has 0 spiro atoms. The molecule has 0 N–H and O–H groups in total. The molecule has 0 heterocycles. The molecule has 94 valence electrons. The summed E-state index contributed by atoms with van der Waals surface area (Å²) in [6.45, 7) is 2.16. The van der Waals surface area contributed by atoms with Gasteiger partial charge >= 0.3 is 5.97 Å². The van der Waals surface area contributed by atoms with Crippen molar-refractivity contribution in [2.75, 3.05) is 7.11 Å². The molecule has 0 fully saturated rings. The van der Waals surface area contributed by atoms with E-state index in [4.69, 9.17) is 0 Å². The number of esters is 1. The van der Waals surface area contributed by atoms with Crippen LogP contribution in [-0.2, 0) is 22.4 Å². The molecule has 0 aliphatic heterocycles. The van der Waals surface area contributed by atoms with Gasteiger partial charge in [-0.1, -0.05) is 43.3 Å². The summed E-state index contributed by atoms with van der Waals surface area (Å²) in [6.07, 6.45) is 2.23. The molecule has 0 saturated carbocycles. The quantitative estimate of drug-likeness (QED) is 0.767. The highest BCUT2D eigenvalue weighted by Gasteiger charge is 2.02. The molecule has 0 aromatic heterocycles. The number of rotatable bonds is 4. The lowest BCUT2D eigenvalue weighted by Gasteiger charge is -2.05. The smallest absolute Gasteiger partial charge is 0.305 e. The monoisotopic (exact) mass is 242 g/mol. The largest absolute Gasteiger partial charge is 0.469 e. The highest BCUT2D eigenvalue weighted by atomic mass is 16.5. The van der Waals surface area contributed by atoms with Gasteiger partial charge in [-0.15, -0.1) is 0 Å². The minimum absolute atomic E-state index is 0.156. The summed E-state index contributed by atoms with van der Waals surface area (Å²) in [7, 11) is 1.43. The van der Waals surface area contributed by atoms with E-state index in [0.29, 0.717) is 6.42 Å². The number of ether oxygens (including phenoxy) is 1. The molecule has 0 bridgehead atoms. The Hall–Kier alpha value is -1.83. The van der Waals surface area contributed by atoms with Crippen LogP contribution in [0, 0.1) is 0 Å². The maximum atomic E-state index is 11.1. The first-order chi connectivity index (χ1) is 8.72. The van der Waals surface area contributed by atoms with E-state index >= 15 is 0 Å². The van der Waals surface area contributed by atoms with Crippen molar-refractivity contribution in [3.8, 4) is 0 Å². The number of aryl methyl sites for hydroxylation is 2. The van der Waals surface area contributed by atoms with Crippen LogP contribution in [0.2, 0.25) is 0 Å². The van der Waals surface area contributed by atoms with Crippen LogP contribution in [0.5, 0.6) is 0 Å². The first-order valence-corrected chi connectivity index (χ1v) is 6.31. The van der Waals surface area contributed by atoms with Crippen molar-refractivity contribution in [3.05, 3.63) is 47.5 Å². The molecule has 2 nitrogen and oxygen atoms in total. The Morgan fingerprint density at radius 2 is 1.67 bits per heavy atom. The van der Waals surface area contributed by atoms with Gasteiger partial charge in [-0.3, -0.25) is 4.79 Å². The van der Waals surface area contributed by atoms with E-state index in [1.165, 1.54) is 29.0 Å². The molecule has 2 heteroatoms. The van der Waals surface area contributed by atoms with Crippen LogP contribution in [0.15, 0.2) is 36.4 Å². The maximum absolute atomic E-state index is 11.1. The lowest BCUT2D eigenvalue weighted by Crippen LogP contribution is -2.01. The van der Waals surface area contributed by atoms with E-state index in [1.807, 2.05) is 0 Å². The van der Waals surface area contributed by atoms with E-state index in [1.54, 1.807) is 0 Å². The van der Waals surface area contributed by atoms with Crippen molar-refractivity contribution in [2.24, 2.45) is 0 Å². The number of carbonyl (C=O) groups is 1. The second kappa shape index (κ2) is 5.67. The summed E-state index contributed by atoms with van der Waals surface area (Å²) in [5.74, 6) is -0.156. The molecule has 0 unspecified atom stereocenters. The van der Waals surface area contributed by atoms with Crippen LogP contribution in [0.3, 0.4) is 0 Å². The number of hydrogen-bond acceptors (Lipinski definition) is 2. The molecule has 0 atom stereocenters. The Bertz CT molecular complexity index is 558. The summed E-state index contributed by atoms with van der Waals surface area (Å²) < 4.78 is 4.65. The molecule has 0 amide bonds. The lowest BCUT2D eigenvalue weighted by atomic mass is 10.0. The fourth-order valence-electron chi connectivity index (χ4n) is 2.07. The molecule has 0 aliphatic carbocycles. The predicted octanol–water partition coefficient (Wildman–Crippen LogP) is 3.51. The second-order valence-electron chi connectivity index (χ2n) is 4.45. The zero-order valence-electron chi connectivity index (χ0n) is 10.9. The van der Waals surface area contributed by atoms with Crippen LogP contribution in [-0.4, -0.2) is 13.1 Å². The third-order valence-electron chi connectivity index (χ3n) is 3.22. The number of carbonyl (C=O) groups excluding carboxylic acids is 1. The Morgan fingerprint density at radius 1 is 1.06 bits per heavy atom. The van der Waals surface area contributed by atoms with Gasteiger partial charge in [-0.2, -0.15) is 0 Å². The van der Waals surface area contributed by atoms with Crippen LogP contribution in [0.25, 0.3) is 10.8 Å². The molecule has 2 rings (SSSR count). The third-order valence-corrected chi connectivity index (χ3v) is 3.22. The van der Waals surface area contributed by atoms with Crippen LogP contribution in [0.4, 0.5) is 0 Å². The van der Waals surface area contributed by atoms with Gasteiger partial charge in [0.2, 0.25) is 0 Å². The molecule has 18 heavy (non-hydrogen) atoms. The van der Waals surface area contributed by atoms with Crippen molar-refractivity contribution in [3.63, 3.8) is 0 Å². The summed E-state index contributed by atoms with van der Waals surface area (Å²) in [5.41, 5.74) is 2.53. The standard InChI is InChI=1S/C16H18O2/c1-3-12-4-7-15-11-13(5-8-14(15)10-12)6-9-16(17)18-2/h4-5,7-8,10-11H,3,6,9H2,1-2H3. The summed E-state index contributed by atoms with van der Waals surface area (Å²) in [6, 6.07) is 12.9. The number of methoxy groups -OCH3 is 1. The van der Waals surface area contributed by atoms with Gasteiger partial charge in [-0.25, -0.2) is 0 Å². The summed E-state index contributed by atoms with van der Waals surface area (Å²) >= 11 is 0. The number of hydrogen-bond donors (Lipinski definition) is 0. The molecule has 0 aliphatic rings. The summed E-state index contributed by atoms with van der Waals surface area (Å²) in [5, 5.41) is 2.49. The van der Waals surface area contributed by atoms with Crippen LogP contribution in [0.1, 0.15) is 24.5 Å². The third kappa shape index (κ3) is 2.89. The normalized spacial score (nSPS) is 10.6. The fourth-order valence-corrected chi connectivity index (χ4v) is 2.07. The van der Waals surface area contributed by atoms with E-state index in [9.17, 15) is 4.79 Å². The lowest BCUT2D eigenvalue weighted by molar-refractivity contribution is -0.140. The predicted molar refractivity (Wildman–Crippen MR) is 73.7 cm³/mol. The maximum Gasteiger partial charge on any atom is 0.305 e. The van der Waals surface area contributed by atoms with Gasteiger partial charge in [0.15, 0.2) is 0 Å². The van der Waals surface area contributed by atoms with Gasteiger partial charge in [0.1, 0.15) is 0 Å². The highest BCUT2D eigenvalue weighted by molar-refractivity contribution is 5.84. The molecule has 0 radical (unpaired) electrons. The van der Waals surface area contributed by atoms with Gasteiger partial charge in [-0.05, 0) is 34.7 Å². The first-order valence-electron chi connectivity index (χ1n) is 6.31. The minimum Gasteiger partial charge on any atom is -0.469 e. The van der Waals surface area contributed by atoms with Gasteiger partial charge < -0.3 is 4.74 Å². The minimum atomic E-state index is -0.156. The average Bonchev–Trinajstić information content (AvgIpc) is 2.43. The number of fused-ring (bicyclic) bond motifs is 1. The van der Waals surface area contributed by atoms with Crippen molar-refractivity contribution in [1.82, 2.24) is 0 Å². The van der Waals surface area contributed by atoms with Crippen LogP contribution < -0.4 is 0 Å². The first kappa shape index (κ1) is 12.6. The molecular weight excluding hydrogens is 224 g/mol. The van der Waals surface area contributed by atoms with E-state index < -0.39 is 0 Å². The molecule has 2 aromatic rings. The van der Waals surface area contributed by atoms with E-state index in [0.717, 1.165) is 12.8 Å². The Kier molecular flexibility index (Phi) is 3.98. The average molecular weight is 242 g/mol. The van der Waals surface area contributed by atoms with Gasteiger partial charge in [0.05, 0.1) is 7.11 Å². The van der Waals surface area contributed by atoms with Crippen molar-refractivity contribution in [1.29, 1.82) is 0 Å². The molecule has 0 saturated heterocycles. The van der Waals surface area contributed by atoms with Gasteiger partial charge in [0.25, 0.3) is 0 Å². The molecule has 2 aromatic carbocycles. The van der Waals surface area contributed by atoms with Crippen LogP contribution >= 0.6 is 0 Å². The van der Waals surface area contributed by atoms with Crippen molar-refractivity contribution < 1.29 is 9.53 Å². The Balaban J connectivity index is 2.20. The Morgan fingerprint density at radius 3 is 2.28 bits per heavy atom. The Labute approximate surface area is 108 Å². The van der Waals surface area contributed by atoms with Gasteiger partial charge in [0, 0.05) is 6.42 Å².